The lowest BCUT2D eigenvalue weighted by molar-refractivity contribution is 0.0632. The van der Waals surface area contributed by atoms with Crippen molar-refractivity contribution >= 4 is 11.5 Å². The number of hydrogen-bond acceptors (Lipinski definition) is 5. The van der Waals surface area contributed by atoms with Crippen molar-refractivity contribution < 1.29 is 13.5 Å². The van der Waals surface area contributed by atoms with Crippen molar-refractivity contribution in [1.29, 1.82) is 5.26 Å². The Kier molecular flexibility index (Phi) is 3.52. The van der Waals surface area contributed by atoms with Gasteiger partial charge < -0.3 is 16.2 Å². The van der Waals surface area contributed by atoms with Crippen molar-refractivity contribution in [3.8, 4) is 6.07 Å². The predicted molar refractivity (Wildman–Crippen MR) is 81.7 cm³/mol. The maximum Gasteiger partial charge on any atom is 0.129 e. The first-order valence-electron chi connectivity index (χ1n) is 7.36. The third-order valence-electron chi connectivity index (χ3n) is 4.95. The second-order valence-electron chi connectivity index (χ2n) is 6.42. The largest absolute Gasteiger partial charge is 0.399 e. The fraction of sp³-hybridized carbons (Fsp3) is 0.500. The number of nitriles is 1. The maximum absolute atomic E-state index is 14.4. The Bertz CT molecular complexity index is 717. The highest BCUT2D eigenvalue weighted by Crippen LogP contribution is 2.52. The van der Waals surface area contributed by atoms with E-state index >= 15 is 0 Å². The number of fused-ring (bicyclic) bond motifs is 1. The van der Waals surface area contributed by atoms with Gasteiger partial charge in [0.1, 0.15) is 29.3 Å². The van der Waals surface area contributed by atoms with Crippen LogP contribution in [0.15, 0.2) is 23.2 Å². The Balaban J connectivity index is 2.22. The highest BCUT2D eigenvalue weighted by atomic mass is 19.1. The molecule has 0 radical (unpaired) electrons. The molecule has 0 spiro atoms. The molecule has 0 amide bonds. The molecule has 4 N–H and O–H groups in total. The molecule has 2 aliphatic heterocycles. The second kappa shape index (κ2) is 5.17. The van der Waals surface area contributed by atoms with Gasteiger partial charge in [0.25, 0.3) is 0 Å². The van der Waals surface area contributed by atoms with Crippen LogP contribution in [0.25, 0.3) is 0 Å². The van der Waals surface area contributed by atoms with E-state index < -0.39 is 35.5 Å². The van der Waals surface area contributed by atoms with E-state index in [2.05, 4.69) is 11.1 Å². The van der Waals surface area contributed by atoms with Crippen molar-refractivity contribution in [1.82, 2.24) is 0 Å². The molecular formula is C16H18F2N4O. The van der Waals surface area contributed by atoms with Gasteiger partial charge in [0.2, 0.25) is 0 Å². The average molecular weight is 320 g/mol. The zero-order valence-electron chi connectivity index (χ0n) is 12.7. The summed E-state index contributed by atoms with van der Waals surface area (Å²) in [6, 6.07) is 6.31. The second-order valence-corrected chi connectivity index (χ2v) is 6.42. The molecule has 0 unspecified atom stereocenters. The lowest BCUT2D eigenvalue weighted by Crippen LogP contribution is -2.50. The Morgan fingerprint density at radius 1 is 1.48 bits per heavy atom. The number of rotatable bonds is 2. The van der Waals surface area contributed by atoms with Gasteiger partial charge in [-0.05, 0) is 31.5 Å². The number of hydrogen-bond donors (Lipinski definition) is 2. The van der Waals surface area contributed by atoms with Crippen LogP contribution in [0.5, 0.6) is 0 Å². The van der Waals surface area contributed by atoms with Crippen LogP contribution in [-0.4, -0.2) is 25.2 Å². The molecular weight excluding hydrogens is 302 g/mol. The lowest BCUT2D eigenvalue weighted by atomic mass is 9.66. The van der Waals surface area contributed by atoms with Gasteiger partial charge in [-0.25, -0.2) is 8.78 Å². The average Bonchev–Trinajstić information content (AvgIpc) is 2.88. The number of aliphatic imine (C=N–C) groups is 1. The van der Waals surface area contributed by atoms with Crippen molar-refractivity contribution in [2.75, 3.05) is 19.0 Å². The summed E-state index contributed by atoms with van der Waals surface area (Å²) in [4.78, 5) is 4.45. The topological polar surface area (TPSA) is 97.4 Å². The van der Waals surface area contributed by atoms with Crippen molar-refractivity contribution in [3.05, 3.63) is 29.6 Å². The fourth-order valence-corrected chi connectivity index (χ4v) is 3.53. The van der Waals surface area contributed by atoms with Crippen molar-refractivity contribution in [2.24, 2.45) is 22.1 Å². The minimum atomic E-state index is -1.14. The number of nitrogens with zero attached hydrogens (tertiary/aromatic N) is 2. The smallest absolute Gasteiger partial charge is 0.129 e. The summed E-state index contributed by atoms with van der Waals surface area (Å²) in [5.74, 6) is -0.869. The molecule has 1 aromatic carbocycles. The Labute approximate surface area is 132 Å². The minimum absolute atomic E-state index is 0.00877. The van der Waals surface area contributed by atoms with Gasteiger partial charge in [-0.3, -0.25) is 4.99 Å². The lowest BCUT2D eigenvalue weighted by Gasteiger charge is -2.41. The first-order chi connectivity index (χ1) is 10.9. The van der Waals surface area contributed by atoms with Crippen molar-refractivity contribution in [3.63, 3.8) is 0 Å². The Hall–Kier alpha value is -2.20. The van der Waals surface area contributed by atoms with Crippen LogP contribution >= 0.6 is 0 Å². The van der Waals surface area contributed by atoms with Crippen LogP contribution in [0.2, 0.25) is 0 Å². The molecule has 5 nitrogen and oxygen atoms in total. The summed E-state index contributed by atoms with van der Waals surface area (Å²) in [6.45, 7) is 0.932. The number of amidine groups is 1. The number of halogens is 2. The van der Waals surface area contributed by atoms with E-state index in [4.69, 9.17) is 16.2 Å². The summed E-state index contributed by atoms with van der Waals surface area (Å²) in [5.41, 5.74) is 10.2. The molecule has 2 heterocycles. The van der Waals surface area contributed by atoms with E-state index in [0.717, 1.165) is 0 Å². The number of benzene rings is 1. The summed E-state index contributed by atoms with van der Waals surface area (Å²) in [5, 5.41) is 9.41. The molecule has 1 aromatic rings. The molecule has 7 heteroatoms. The highest BCUT2D eigenvalue weighted by molar-refractivity contribution is 5.90. The zero-order valence-corrected chi connectivity index (χ0v) is 12.7. The van der Waals surface area contributed by atoms with E-state index in [1.165, 1.54) is 18.2 Å². The van der Waals surface area contributed by atoms with E-state index in [0.29, 0.717) is 5.69 Å². The van der Waals surface area contributed by atoms with Gasteiger partial charge in [-0.2, -0.15) is 5.26 Å². The summed E-state index contributed by atoms with van der Waals surface area (Å²) >= 11 is 0. The van der Waals surface area contributed by atoms with E-state index in [-0.39, 0.29) is 24.4 Å². The van der Waals surface area contributed by atoms with Gasteiger partial charge in [0.05, 0.1) is 18.8 Å². The normalized spacial score (nSPS) is 36.2. The molecule has 23 heavy (non-hydrogen) atoms. The van der Waals surface area contributed by atoms with Gasteiger partial charge in [0, 0.05) is 17.2 Å². The number of ether oxygens (including phenoxy) is 1. The molecule has 122 valence electrons. The number of nitrogens with two attached hydrogens (primary N) is 2. The van der Waals surface area contributed by atoms with Crippen molar-refractivity contribution in [2.45, 2.75) is 25.0 Å². The number of anilines is 1. The van der Waals surface area contributed by atoms with Crippen LogP contribution in [0.1, 0.15) is 18.9 Å². The maximum atomic E-state index is 14.4. The van der Waals surface area contributed by atoms with Crippen LogP contribution in [0.4, 0.5) is 14.5 Å². The van der Waals surface area contributed by atoms with Gasteiger partial charge in [-0.15, -0.1) is 0 Å². The SMILES string of the molecule is C[C@@]1(C#N)C[C@@H]2[C@@H](CF)OC[C@]2(c2cc(N)ccc2F)N=C1N. The number of alkyl halides is 1. The van der Waals surface area contributed by atoms with Crippen LogP contribution in [-0.2, 0) is 10.3 Å². The van der Waals surface area contributed by atoms with Gasteiger partial charge in [0.15, 0.2) is 0 Å². The van der Waals surface area contributed by atoms with Crippen LogP contribution < -0.4 is 11.5 Å². The van der Waals surface area contributed by atoms with Gasteiger partial charge >= 0.3 is 0 Å². The minimum Gasteiger partial charge on any atom is -0.399 e. The molecule has 1 fully saturated rings. The molecule has 0 aromatic heterocycles. The van der Waals surface area contributed by atoms with Crippen LogP contribution in [0, 0.1) is 28.5 Å². The Morgan fingerprint density at radius 2 is 2.22 bits per heavy atom. The highest BCUT2D eigenvalue weighted by Gasteiger charge is 2.58. The van der Waals surface area contributed by atoms with E-state index in [9.17, 15) is 14.0 Å². The number of nitrogen functional groups attached to an aromatic ring is 1. The van der Waals surface area contributed by atoms with Gasteiger partial charge in [-0.1, -0.05) is 0 Å². The summed E-state index contributed by atoms with van der Waals surface area (Å²) < 4.78 is 33.4. The molecule has 2 aliphatic rings. The quantitative estimate of drug-likeness (QED) is 0.813. The molecule has 3 rings (SSSR count). The molecule has 0 saturated carbocycles. The molecule has 0 bridgehead atoms. The van der Waals surface area contributed by atoms with Crippen LogP contribution in [0.3, 0.4) is 0 Å². The zero-order chi connectivity index (χ0) is 16.8. The monoisotopic (exact) mass is 320 g/mol. The molecule has 1 saturated heterocycles. The third-order valence-corrected chi connectivity index (χ3v) is 4.95. The third kappa shape index (κ3) is 2.17. The molecule has 0 aliphatic carbocycles. The first-order valence-corrected chi connectivity index (χ1v) is 7.36. The predicted octanol–water partition coefficient (Wildman–Crippen LogP) is 1.88. The first kappa shape index (κ1) is 15.7. The summed E-state index contributed by atoms with van der Waals surface area (Å²) in [6.07, 6.45) is -0.498. The Morgan fingerprint density at radius 3 is 2.87 bits per heavy atom. The standard InChI is InChI=1S/C16H18F2N4O/c1-15(7-19)5-11-13(6-17)23-8-16(11,22-14(15)21)10-4-9(20)2-3-12(10)18/h2-4,11,13H,5-6,8,20H2,1H3,(H2,21,22)/t11-,13-,15+,16-/m1/s1. The van der Waals surface area contributed by atoms with E-state index in [1.807, 2.05) is 0 Å². The summed E-state index contributed by atoms with van der Waals surface area (Å²) in [7, 11) is 0. The fourth-order valence-electron chi connectivity index (χ4n) is 3.53. The van der Waals surface area contributed by atoms with E-state index in [1.54, 1.807) is 6.92 Å². The molecule has 4 atom stereocenters.